The highest BCUT2D eigenvalue weighted by Gasteiger charge is 2.03. The van der Waals surface area contributed by atoms with Gasteiger partial charge in [0.2, 0.25) is 0 Å². The molecule has 0 bridgehead atoms. The van der Waals surface area contributed by atoms with Crippen molar-refractivity contribution in [3.8, 4) is 0 Å². The zero-order valence-corrected chi connectivity index (χ0v) is 11.2. The number of esters is 1. The summed E-state index contributed by atoms with van der Waals surface area (Å²) in [6.45, 7) is 3.94. The molecule has 0 aliphatic carbocycles. The SMILES string of the molecule is CCCCCCCCC=C(C)C(=O)OCCO. The second kappa shape index (κ2) is 11.6. The molecule has 1 N–H and O–H groups in total. The van der Waals surface area contributed by atoms with E-state index in [9.17, 15) is 4.79 Å². The van der Waals surface area contributed by atoms with E-state index in [0.29, 0.717) is 5.57 Å². The van der Waals surface area contributed by atoms with Crippen molar-refractivity contribution in [2.24, 2.45) is 0 Å². The molecule has 0 heterocycles. The molecule has 0 unspecified atom stereocenters. The van der Waals surface area contributed by atoms with E-state index < -0.39 is 0 Å². The lowest BCUT2D eigenvalue weighted by Crippen LogP contribution is -2.09. The van der Waals surface area contributed by atoms with Crippen LogP contribution in [0, 0.1) is 0 Å². The van der Waals surface area contributed by atoms with Crippen molar-refractivity contribution in [2.75, 3.05) is 13.2 Å². The summed E-state index contributed by atoms with van der Waals surface area (Å²) in [6, 6.07) is 0. The predicted octanol–water partition coefficient (Wildman–Crippen LogP) is 3.22. The van der Waals surface area contributed by atoms with E-state index in [1.165, 1.54) is 32.1 Å². The highest BCUT2D eigenvalue weighted by atomic mass is 16.5. The Bertz CT molecular complexity index is 222. The van der Waals surface area contributed by atoms with Gasteiger partial charge in [0.25, 0.3) is 0 Å². The van der Waals surface area contributed by atoms with Gasteiger partial charge in [0.05, 0.1) is 6.61 Å². The number of hydrogen-bond donors (Lipinski definition) is 1. The molecule has 0 aromatic carbocycles. The Kier molecular flexibility index (Phi) is 11.1. The van der Waals surface area contributed by atoms with Crippen LogP contribution in [-0.2, 0) is 9.53 Å². The van der Waals surface area contributed by atoms with Gasteiger partial charge in [-0.3, -0.25) is 0 Å². The average molecular weight is 242 g/mol. The molecule has 17 heavy (non-hydrogen) atoms. The first-order valence-electron chi connectivity index (χ1n) is 6.67. The standard InChI is InChI=1S/C14H26O3/c1-3-4-5-6-7-8-9-10-13(2)14(16)17-12-11-15/h10,15H,3-9,11-12H2,1-2H3. The Hall–Kier alpha value is -0.830. The van der Waals surface area contributed by atoms with Crippen molar-refractivity contribution in [3.63, 3.8) is 0 Å². The normalized spacial score (nSPS) is 11.6. The predicted molar refractivity (Wildman–Crippen MR) is 69.8 cm³/mol. The second-order valence-corrected chi connectivity index (χ2v) is 4.30. The summed E-state index contributed by atoms with van der Waals surface area (Å²) in [5, 5.41) is 8.52. The molecule has 0 rings (SSSR count). The molecule has 0 atom stereocenters. The van der Waals surface area contributed by atoms with Gasteiger partial charge in [-0.1, -0.05) is 45.1 Å². The minimum Gasteiger partial charge on any atom is -0.460 e. The van der Waals surface area contributed by atoms with Crippen LogP contribution in [0.1, 0.15) is 58.8 Å². The lowest BCUT2D eigenvalue weighted by Gasteiger charge is -2.02. The lowest BCUT2D eigenvalue weighted by atomic mass is 10.1. The summed E-state index contributed by atoms with van der Waals surface area (Å²) in [4.78, 5) is 11.3. The highest BCUT2D eigenvalue weighted by molar-refractivity contribution is 5.87. The molecular formula is C14H26O3. The summed E-state index contributed by atoms with van der Waals surface area (Å²) in [7, 11) is 0. The van der Waals surface area contributed by atoms with E-state index in [0.717, 1.165) is 12.8 Å². The maximum absolute atomic E-state index is 11.3. The molecule has 0 aromatic heterocycles. The molecule has 0 fully saturated rings. The number of allylic oxidation sites excluding steroid dienone is 1. The largest absolute Gasteiger partial charge is 0.460 e. The Morgan fingerprint density at radius 2 is 1.82 bits per heavy atom. The van der Waals surface area contributed by atoms with Crippen molar-refractivity contribution in [3.05, 3.63) is 11.6 Å². The summed E-state index contributed by atoms with van der Waals surface area (Å²) in [5.74, 6) is -0.315. The molecule has 0 radical (unpaired) electrons. The summed E-state index contributed by atoms with van der Waals surface area (Å²) in [5.41, 5.74) is 0.645. The summed E-state index contributed by atoms with van der Waals surface area (Å²) >= 11 is 0. The monoisotopic (exact) mass is 242 g/mol. The smallest absolute Gasteiger partial charge is 0.333 e. The van der Waals surface area contributed by atoms with Crippen LogP contribution in [0.4, 0.5) is 0 Å². The number of rotatable bonds is 10. The molecule has 0 saturated heterocycles. The van der Waals surface area contributed by atoms with Gasteiger partial charge < -0.3 is 9.84 Å². The quantitative estimate of drug-likeness (QED) is 0.363. The van der Waals surface area contributed by atoms with Crippen LogP contribution >= 0.6 is 0 Å². The first kappa shape index (κ1) is 16.2. The van der Waals surface area contributed by atoms with Crippen LogP contribution in [-0.4, -0.2) is 24.3 Å². The topological polar surface area (TPSA) is 46.5 Å². The molecule has 0 aromatic rings. The maximum Gasteiger partial charge on any atom is 0.333 e. The van der Waals surface area contributed by atoms with Crippen LogP contribution in [0.2, 0.25) is 0 Å². The van der Waals surface area contributed by atoms with Crippen LogP contribution in [0.15, 0.2) is 11.6 Å². The Labute approximate surface area is 105 Å². The third kappa shape index (κ3) is 10.1. The number of aliphatic hydroxyl groups excluding tert-OH is 1. The third-order valence-electron chi connectivity index (χ3n) is 2.65. The average Bonchev–Trinajstić information content (AvgIpc) is 2.34. The van der Waals surface area contributed by atoms with E-state index in [4.69, 9.17) is 9.84 Å². The van der Waals surface area contributed by atoms with Crippen molar-refractivity contribution in [1.29, 1.82) is 0 Å². The van der Waals surface area contributed by atoms with Crippen molar-refractivity contribution >= 4 is 5.97 Å². The van der Waals surface area contributed by atoms with Crippen LogP contribution in [0.25, 0.3) is 0 Å². The van der Waals surface area contributed by atoms with Gasteiger partial charge in [0.1, 0.15) is 6.61 Å². The molecule has 0 aliphatic rings. The van der Waals surface area contributed by atoms with Crippen molar-refractivity contribution in [1.82, 2.24) is 0 Å². The Balaban J connectivity index is 3.52. The number of aliphatic hydroxyl groups is 1. The first-order chi connectivity index (χ1) is 8.22. The van der Waals surface area contributed by atoms with Gasteiger partial charge in [0, 0.05) is 5.57 Å². The zero-order valence-electron chi connectivity index (χ0n) is 11.2. The zero-order chi connectivity index (χ0) is 12.9. The Morgan fingerprint density at radius 3 is 2.47 bits per heavy atom. The molecule has 0 spiro atoms. The number of ether oxygens (including phenoxy) is 1. The molecule has 0 aliphatic heterocycles. The molecular weight excluding hydrogens is 216 g/mol. The van der Waals surface area contributed by atoms with E-state index >= 15 is 0 Å². The fourth-order valence-electron chi connectivity index (χ4n) is 1.58. The highest BCUT2D eigenvalue weighted by Crippen LogP contribution is 2.08. The minimum absolute atomic E-state index is 0.0844. The second-order valence-electron chi connectivity index (χ2n) is 4.30. The maximum atomic E-state index is 11.3. The van der Waals surface area contributed by atoms with Gasteiger partial charge >= 0.3 is 5.97 Å². The van der Waals surface area contributed by atoms with E-state index in [1.54, 1.807) is 6.92 Å². The van der Waals surface area contributed by atoms with Crippen molar-refractivity contribution in [2.45, 2.75) is 58.8 Å². The van der Waals surface area contributed by atoms with Crippen LogP contribution in [0.3, 0.4) is 0 Å². The lowest BCUT2D eigenvalue weighted by molar-refractivity contribution is -0.139. The molecule has 0 amide bonds. The molecule has 3 nitrogen and oxygen atoms in total. The van der Waals surface area contributed by atoms with Gasteiger partial charge in [0.15, 0.2) is 0 Å². The van der Waals surface area contributed by atoms with Gasteiger partial charge in [-0.2, -0.15) is 0 Å². The number of carbonyl (C=O) groups excluding carboxylic acids is 1. The van der Waals surface area contributed by atoms with E-state index in [2.05, 4.69) is 6.92 Å². The van der Waals surface area contributed by atoms with Crippen LogP contribution in [0.5, 0.6) is 0 Å². The van der Waals surface area contributed by atoms with E-state index in [-0.39, 0.29) is 19.2 Å². The van der Waals surface area contributed by atoms with Crippen LogP contribution < -0.4 is 0 Å². The Morgan fingerprint density at radius 1 is 1.18 bits per heavy atom. The molecule has 0 saturated carbocycles. The molecule has 100 valence electrons. The van der Waals surface area contributed by atoms with Gasteiger partial charge in [-0.05, 0) is 19.8 Å². The first-order valence-corrected chi connectivity index (χ1v) is 6.67. The fraction of sp³-hybridized carbons (Fsp3) is 0.786. The number of carbonyl (C=O) groups is 1. The van der Waals surface area contributed by atoms with Gasteiger partial charge in [-0.15, -0.1) is 0 Å². The molecule has 3 heteroatoms. The number of hydrogen-bond acceptors (Lipinski definition) is 3. The summed E-state index contributed by atoms with van der Waals surface area (Å²) < 4.78 is 4.81. The minimum atomic E-state index is -0.315. The van der Waals surface area contributed by atoms with E-state index in [1.807, 2.05) is 6.08 Å². The van der Waals surface area contributed by atoms with Gasteiger partial charge in [-0.25, -0.2) is 4.79 Å². The third-order valence-corrected chi connectivity index (χ3v) is 2.65. The van der Waals surface area contributed by atoms with Crippen molar-refractivity contribution < 1.29 is 14.6 Å². The number of unbranched alkanes of at least 4 members (excludes halogenated alkanes) is 6. The summed E-state index contributed by atoms with van der Waals surface area (Å²) in [6.07, 6.45) is 10.4. The fourth-order valence-corrected chi connectivity index (χ4v) is 1.58.